The molecule has 0 bridgehead atoms. The molecule has 7 heteroatoms. The average molecular weight is 367 g/mol. The number of benzene rings is 1. The Morgan fingerprint density at radius 3 is 2.25 bits per heavy atom. The van der Waals surface area contributed by atoms with Crippen LogP contribution in [0.5, 0.6) is 0 Å². The highest BCUT2D eigenvalue weighted by molar-refractivity contribution is 7.93. The van der Waals surface area contributed by atoms with Crippen LogP contribution in [0, 0.1) is 0 Å². The largest absolute Gasteiger partial charge is 0.366 e. The van der Waals surface area contributed by atoms with Crippen LogP contribution < -0.4 is 10.5 Å². The monoisotopic (exact) mass is 366 g/mol. The van der Waals surface area contributed by atoms with E-state index in [-0.39, 0.29) is 20.9 Å². The second-order valence-corrected chi connectivity index (χ2v) is 9.37. The first-order valence-electron chi connectivity index (χ1n) is 7.60. The van der Waals surface area contributed by atoms with E-state index in [2.05, 4.69) is 25.5 Å². The van der Waals surface area contributed by atoms with E-state index in [1.54, 1.807) is 30.3 Å². The molecule has 0 aliphatic rings. The third kappa shape index (κ3) is 3.96. The van der Waals surface area contributed by atoms with Crippen molar-refractivity contribution >= 4 is 32.3 Å². The lowest BCUT2D eigenvalue weighted by Gasteiger charge is -2.19. The summed E-state index contributed by atoms with van der Waals surface area (Å²) in [4.78, 5) is 12.6. The number of rotatable bonds is 5. The molecule has 0 aliphatic carbocycles. The molecule has 0 saturated heterocycles. The number of hydrogen-bond acceptors (Lipinski definition) is 4. The molecule has 5 nitrogen and oxygen atoms in total. The van der Waals surface area contributed by atoms with Crippen LogP contribution >= 0.6 is 11.3 Å². The minimum absolute atomic E-state index is 0.0569. The SMILES string of the molecule is CCc1cc(C(N)=O)c(NS(=O)(=O)c2ccc(C(C)(C)C)cc2)s1. The smallest absolute Gasteiger partial charge is 0.262 e. The molecule has 2 rings (SSSR count). The molecule has 0 unspecified atom stereocenters. The van der Waals surface area contributed by atoms with Gasteiger partial charge in [-0.1, -0.05) is 39.8 Å². The van der Waals surface area contributed by atoms with Gasteiger partial charge >= 0.3 is 0 Å². The summed E-state index contributed by atoms with van der Waals surface area (Å²) in [5.74, 6) is -0.647. The highest BCUT2D eigenvalue weighted by Crippen LogP contribution is 2.31. The number of aryl methyl sites for hydroxylation is 1. The summed E-state index contributed by atoms with van der Waals surface area (Å²) >= 11 is 1.23. The summed E-state index contributed by atoms with van der Waals surface area (Å²) in [6.07, 6.45) is 0.701. The molecule has 24 heavy (non-hydrogen) atoms. The Hall–Kier alpha value is -1.86. The van der Waals surface area contributed by atoms with Crippen LogP contribution in [-0.4, -0.2) is 14.3 Å². The summed E-state index contributed by atoms with van der Waals surface area (Å²) in [5, 5.41) is 0.263. The summed E-state index contributed by atoms with van der Waals surface area (Å²) in [6.45, 7) is 8.11. The molecule has 0 saturated carbocycles. The van der Waals surface area contributed by atoms with E-state index in [0.29, 0.717) is 6.42 Å². The van der Waals surface area contributed by atoms with Gasteiger partial charge in [0.25, 0.3) is 15.9 Å². The number of primary amides is 1. The summed E-state index contributed by atoms with van der Waals surface area (Å²) in [7, 11) is -3.77. The van der Waals surface area contributed by atoms with E-state index in [0.717, 1.165) is 10.4 Å². The first-order valence-corrected chi connectivity index (χ1v) is 9.90. The topological polar surface area (TPSA) is 89.3 Å². The Kier molecular flexibility index (Phi) is 5.05. The van der Waals surface area contributed by atoms with Gasteiger partial charge in [-0.2, -0.15) is 0 Å². The Morgan fingerprint density at radius 2 is 1.79 bits per heavy atom. The number of carbonyl (C=O) groups excluding carboxylic acids is 1. The van der Waals surface area contributed by atoms with Gasteiger partial charge in [0.2, 0.25) is 0 Å². The van der Waals surface area contributed by atoms with Crippen molar-refractivity contribution in [2.75, 3.05) is 4.72 Å². The lowest BCUT2D eigenvalue weighted by atomic mass is 9.87. The third-order valence-corrected chi connectivity index (χ3v) is 6.34. The highest BCUT2D eigenvalue weighted by Gasteiger charge is 2.21. The van der Waals surface area contributed by atoms with Gasteiger partial charge in [0.05, 0.1) is 10.5 Å². The predicted octanol–water partition coefficient (Wildman–Crippen LogP) is 3.51. The maximum atomic E-state index is 12.6. The van der Waals surface area contributed by atoms with Crippen molar-refractivity contribution in [2.45, 2.75) is 44.4 Å². The number of thiophene rings is 1. The maximum absolute atomic E-state index is 12.6. The quantitative estimate of drug-likeness (QED) is 0.848. The van der Waals surface area contributed by atoms with Crippen molar-refractivity contribution in [2.24, 2.45) is 5.73 Å². The second kappa shape index (κ2) is 6.57. The molecule has 3 N–H and O–H groups in total. The lowest BCUT2D eigenvalue weighted by Crippen LogP contribution is -2.17. The number of sulfonamides is 1. The Morgan fingerprint density at radius 1 is 1.21 bits per heavy atom. The van der Waals surface area contributed by atoms with E-state index >= 15 is 0 Å². The van der Waals surface area contributed by atoms with Crippen molar-refractivity contribution < 1.29 is 13.2 Å². The molecular formula is C17H22N2O3S2. The zero-order valence-corrected chi connectivity index (χ0v) is 15.8. The van der Waals surface area contributed by atoms with E-state index in [4.69, 9.17) is 5.73 Å². The highest BCUT2D eigenvalue weighted by atomic mass is 32.2. The molecule has 1 amide bonds. The molecule has 0 fully saturated rings. The number of hydrogen-bond donors (Lipinski definition) is 2. The van der Waals surface area contributed by atoms with Crippen molar-refractivity contribution in [1.82, 2.24) is 0 Å². The number of amides is 1. The van der Waals surface area contributed by atoms with Gasteiger partial charge in [0.15, 0.2) is 0 Å². The van der Waals surface area contributed by atoms with Gasteiger partial charge in [0, 0.05) is 4.88 Å². The molecule has 1 aromatic carbocycles. The number of nitrogens with one attached hydrogen (secondary N) is 1. The van der Waals surface area contributed by atoms with Crippen LogP contribution in [0.4, 0.5) is 5.00 Å². The van der Waals surface area contributed by atoms with Crippen LogP contribution in [0.2, 0.25) is 0 Å². The van der Waals surface area contributed by atoms with E-state index < -0.39 is 15.9 Å². The Labute approximate surface area is 146 Å². The molecule has 0 aliphatic heterocycles. The minimum Gasteiger partial charge on any atom is -0.366 e. The fraction of sp³-hybridized carbons (Fsp3) is 0.353. The molecule has 1 heterocycles. The van der Waals surface area contributed by atoms with Crippen molar-refractivity contribution in [3.8, 4) is 0 Å². The molecule has 0 radical (unpaired) electrons. The maximum Gasteiger partial charge on any atom is 0.262 e. The molecular weight excluding hydrogens is 344 g/mol. The summed E-state index contributed by atoms with van der Waals surface area (Å²) in [5.41, 5.74) is 6.53. The average Bonchev–Trinajstić information content (AvgIpc) is 2.89. The zero-order chi connectivity index (χ0) is 18.1. The molecule has 1 aromatic heterocycles. The van der Waals surface area contributed by atoms with Gasteiger partial charge in [-0.3, -0.25) is 9.52 Å². The van der Waals surface area contributed by atoms with Crippen molar-refractivity contribution in [3.63, 3.8) is 0 Å². The van der Waals surface area contributed by atoms with Crippen molar-refractivity contribution in [3.05, 3.63) is 46.3 Å². The van der Waals surface area contributed by atoms with E-state index in [1.165, 1.54) is 11.3 Å². The standard InChI is InChI=1S/C17H22N2O3S2/c1-5-12-10-14(15(18)20)16(23-12)19-24(21,22)13-8-6-11(7-9-13)17(2,3)4/h6-10,19H,5H2,1-4H3,(H2,18,20). The first kappa shape index (κ1) is 18.5. The molecule has 130 valence electrons. The number of carbonyl (C=O) groups is 1. The lowest BCUT2D eigenvalue weighted by molar-refractivity contribution is 0.100. The number of anilines is 1. The summed E-state index contributed by atoms with van der Waals surface area (Å²) < 4.78 is 27.6. The summed E-state index contributed by atoms with van der Waals surface area (Å²) in [6, 6.07) is 8.38. The number of nitrogens with two attached hydrogens (primary N) is 1. The molecule has 2 aromatic rings. The van der Waals surface area contributed by atoms with Gasteiger partial charge in [0.1, 0.15) is 5.00 Å². The molecule has 0 spiro atoms. The van der Waals surface area contributed by atoms with Crippen LogP contribution in [-0.2, 0) is 21.9 Å². The predicted molar refractivity (Wildman–Crippen MR) is 98.2 cm³/mol. The fourth-order valence-electron chi connectivity index (χ4n) is 2.19. The van der Waals surface area contributed by atoms with E-state index in [1.807, 2.05) is 6.92 Å². The first-order chi connectivity index (χ1) is 11.0. The van der Waals surface area contributed by atoms with Gasteiger partial charge in [-0.15, -0.1) is 11.3 Å². The minimum atomic E-state index is -3.77. The van der Waals surface area contributed by atoms with Crippen LogP contribution in [0.3, 0.4) is 0 Å². The van der Waals surface area contributed by atoms with Gasteiger partial charge < -0.3 is 5.73 Å². The van der Waals surface area contributed by atoms with Crippen LogP contribution in [0.1, 0.15) is 48.5 Å². The fourth-order valence-corrected chi connectivity index (χ4v) is 4.51. The Balaban J connectivity index is 2.35. The Bertz CT molecular complexity index is 845. The van der Waals surface area contributed by atoms with E-state index in [9.17, 15) is 13.2 Å². The third-order valence-electron chi connectivity index (χ3n) is 3.65. The molecule has 0 atom stereocenters. The second-order valence-electron chi connectivity index (χ2n) is 6.55. The van der Waals surface area contributed by atoms with Gasteiger partial charge in [-0.05, 0) is 35.6 Å². The van der Waals surface area contributed by atoms with Crippen molar-refractivity contribution in [1.29, 1.82) is 0 Å². The zero-order valence-electron chi connectivity index (χ0n) is 14.2. The van der Waals surface area contributed by atoms with Gasteiger partial charge in [-0.25, -0.2) is 8.42 Å². The normalized spacial score (nSPS) is 12.2. The van der Waals surface area contributed by atoms with Crippen LogP contribution in [0.15, 0.2) is 35.2 Å². The van der Waals surface area contributed by atoms with Crippen LogP contribution in [0.25, 0.3) is 0 Å².